The van der Waals surface area contributed by atoms with Crippen molar-refractivity contribution in [2.24, 2.45) is 5.92 Å². The van der Waals surface area contributed by atoms with Crippen LogP contribution >= 0.6 is 0 Å². The maximum absolute atomic E-state index is 4.11. The minimum Gasteiger partial charge on any atom is -0.0999 e. The SMILES string of the molecule is C=C(C)C(CCCCC)CCCCC. The van der Waals surface area contributed by atoms with Crippen LogP contribution in [-0.2, 0) is 0 Å². The zero-order valence-corrected chi connectivity index (χ0v) is 10.4. The molecule has 0 aliphatic carbocycles. The Bertz CT molecular complexity index is 125. The summed E-state index contributed by atoms with van der Waals surface area (Å²) in [7, 11) is 0. The van der Waals surface area contributed by atoms with Gasteiger partial charge in [-0.25, -0.2) is 0 Å². The molecule has 14 heavy (non-hydrogen) atoms. The van der Waals surface area contributed by atoms with E-state index in [9.17, 15) is 0 Å². The van der Waals surface area contributed by atoms with Gasteiger partial charge in [0.15, 0.2) is 0 Å². The third-order valence-corrected chi connectivity index (χ3v) is 3.01. The van der Waals surface area contributed by atoms with E-state index in [2.05, 4.69) is 27.4 Å². The molecule has 84 valence electrons. The standard InChI is InChI=1S/C14H28/c1-5-7-9-11-14(13(3)4)12-10-8-6-2/h14H,3,5-12H2,1-2,4H3. The molecule has 0 heteroatoms. The van der Waals surface area contributed by atoms with E-state index in [1.165, 1.54) is 56.9 Å². The van der Waals surface area contributed by atoms with E-state index in [-0.39, 0.29) is 0 Å². The first-order valence-corrected chi connectivity index (χ1v) is 6.37. The van der Waals surface area contributed by atoms with Crippen LogP contribution in [0.15, 0.2) is 12.2 Å². The Morgan fingerprint density at radius 2 is 1.36 bits per heavy atom. The predicted octanol–water partition coefficient (Wildman–Crippen LogP) is 5.34. The quantitative estimate of drug-likeness (QED) is 0.345. The molecule has 0 saturated heterocycles. The molecule has 0 N–H and O–H groups in total. The summed E-state index contributed by atoms with van der Waals surface area (Å²) in [5.74, 6) is 0.799. The van der Waals surface area contributed by atoms with Gasteiger partial charge in [0.05, 0.1) is 0 Å². The van der Waals surface area contributed by atoms with Crippen LogP contribution in [0.2, 0.25) is 0 Å². The van der Waals surface area contributed by atoms with Crippen molar-refractivity contribution in [1.29, 1.82) is 0 Å². The minimum atomic E-state index is 0.799. The average Bonchev–Trinajstić information content (AvgIpc) is 2.15. The highest BCUT2D eigenvalue weighted by Crippen LogP contribution is 2.23. The van der Waals surface area contributed by atoms with Gasteiger partial charge in [0.1, 0.15) is 0 Å². The van der Waals surface area contributed by atoms with Crippen LogP contribution in [0.25, 0.3) is 0 Å². The number of hydrogen-bond donors (Lipinski definition) is 0. The summed E-state index contributed by atoms with van der Waals surface area (Å²) >= 11 is 0. The molecule has 0 fully saturated rings. The van der Waals surface area contributed by atoms with Crippen molar-refractivity contribution in [2.75, 3.05) is 0 Å². The fourth-order valence-corrected chi connectivity index (χ4v) is 1.92. The first-order valence-electron chi connectivity index (χ1n) is 6.37. The Morgan fingerprint density at radius 3 is 1.64 bits per heavy atom. The summed E-state index contributed by atoms with van der Waals surface area (Å²) in [5.41, 5.74) is 1.40. The highest BCUT2D eigenvalue weighted by Gasteiger charge is 2.08. The van der Waals surface area contributed by atoms with Crippen molar-refractivity contribution in [3.63, 3.8) is 0 Å². The third kappa shape index (κ3) is 7.17. The Kier molecular flexibility index (Phi) is 9.13. The van der Waals surface area contributed by atoms with E-state index >= 15 is 0 Å². The lowest BCUT2D eigenvalue weighted by Crippen LogP contribution is -2.01. The molecule has 0 heterocycles. The van der Waals surface area contributed by atoms with E-state index in [4.69, 9.17) is 0 Å². The van der Waals surface area contributed by atoms with Gasteiger partial charge in [0, 0.05) is 0 Å². The molecule has 0 bridgehead atoms. The van der Waals surface area contributed by atoms with Crippen molar-refractivity contribution in [2.45, 2.75) is 72.1 Å². The van der Waals surface area contributed by atoms with Gasteiger partial charge in [-0.15, -0.1) is 0 Å². The molecule has 0 atom stereocenters. The van der Waals surface area contributed by atoms with Crippen molar-refractivity contribution in [1.82, 2.24) is 0 Å². The van der Waals surface area contributed by atoms with Gasteiger partial charge in [-0.2, -0.15) is 0 Å². The van der Waals surface area contributed by atoms with E-state index in [1.807, 2.05) is 0 Å². The fraction of sp³-hybridized carbons (Fsp3) is 0.857. The van der Waals surface area contributed by atoms with E-state index in [1.54, 1.807) is 0 Å². The predicted molar refractivity (Wildman–Crippen MR) is 66.6 cm³/mol. The second-order valence-electron chi connectivity index (χ2n) is 4.53. The zero-order chi connectivity index (χ0) is 10.8. The van der Waals surface area contributed by atoms with E-state index < -0.39 is 0 Å². The summed E-state index contributed by atoms with van der Waals surface area (Å²) in [6.07, 6.45) is 10.9. The molecule has 0 rings (SSSR count). The second-order valence-corrected chi connectivity index (χ2v) is 4.53. The summed E-state index contributed by atoms with van der Waals surface area (Å²) in [4.78, 5) is 0. The first kappa shape index (κ1) is 13.7. The topological polar surface area (TPSA) is 0 Å². The summed E-state index contributed by atoms with van der Waals surface area (Å²) in [6, 6.07) is 0. The summed E-state index contributed by atoms with van der Waals surface area (Å²) in [6.45, 7) is 10.9. The molecule has 0 aliphatic heterocycles. The summed E-state index contributed by atoms with van der Waals surface area (Å²) < 4.78 is 0. The van der Waals surface area contributed by atoms with Gasteiger partial charge < -0.3 is 0 Å². The molecule has 0 amide bonds. The number of allylic oxidation sites excluding steroid dienone is 1. The Balaban J connectivity index is 3.61. The van der Waals surface area contributed by atoms with Crippen LogP contribution in [-0.4, -0.2) is 0 Å². The first-order chi connectivity index (χ1) is 6.72. The van der Waals surface area contributed by atoms with Crippen LogP contribution in [0.1, 0.15) is 72.1 Å². The van der Waals surface area contributed by atoms with Gasteiger partial charge in [0.2, 0.25) is 0 Å². The van der Waals surface area contributed by atoms with Crippen LogP contribution in [0.3, 0.4) is 0 Å². The molecule has 0 saturated carbocycles. The normalized spacial score (nSPS) is 10.9. The molecule has 0 aromatic carbocycles. The Morgan fingerprint density at radius 1 is 0.929 bits per heavy atom. The molecule has 0 radical (unpaired) electrons. The Hall–Kier alpha value is -0.260. The van der Waals surface area contributed by atoms with Gasteiger partial charge in [0.25, 0.3) is 0 Å². The zero-order valence-electron chi connectivity index (χ0n) is 10.4. The fourth-order valence-electron chi connectivity index (χ4n) is 1.92. The smallest absolute Gasteiger partial charge is 0.0209 e. The maximum Gasteiger partial charge on any atom is -0.0209 e. The highest BCUT2D eigenvalue weighted by molar-refractivity contribution is 4.95. The van der Waals surface area contributed by atoms with Crippen LogP contribution < -0.4 is 0 Å². The van der Waals surface area contributed by atoms with Crippen molar-refractivity contribution in [3.8, 4) is 0 Å². The van der Waals surface area contributed by atoms with Crippen LogP contribution in [0, 0.1) is 5.92 Å². The van der Waals surface area contributed by atoms with E-state index in [0.29, 0.717) is 0 Å². The largest absolute Gasteiger partial charge is 0.0999 e. The van der Waals surface area contributed by atoms with Gasteiger partial charge >= 0.3 is 0 Å². The van der Waals surface area contributed by atoms with E-state index in [0.717, 1.165) is 5.92 Å². The second kappa shape index (κ2) is 9.30. The number of unbranched alkanes of at least 4 members (excludes halogenated alkanes) is 4. The lowest BCUT2D eigenvalue weighted by Gasteiger charge is -2.16. The van der Waals surface area contributed by atoms with Gasteiger partial charge in [-0.1, -0.05) is 64.5 Å². The lowest BCUT2D eigenvalue weighted by atomic mass is 9.90. The summed E-state index contributed by atoms with van der Waals surface area (Å²) in [5, 5.41) is 0. The number of rotatable bonds is 9. The minimum absolute atomic E-state index is 0.799. The molecule has 0 aromatic rings. The molecular formula is C14H28. The third-order valence-electron chi connectivity index (χ3n) is 3.01. The van der Waals surface area contributed by atoms with Crippen LogP contribution in [0.5, 0.6) is 0 Å². The molecule has 0 unspecified atom stereocenters. The van der Waals surface area contributed by atoms with Gasteiger partial charge in [-0.3, -0.25) is 0 Å². The van der Waals surface area contributed by atoms with Crippen LogP contribution in [0.4, 0.5) is 0 Å². The maximum atomic E-state index is 4.11. The lowest BCUT2D eigenvalue weighted by molar-refractivity contribution is 0.463. The van der Waals surface area contributed by atoms with Crippen molar-refractivity contribution in [3.05, 3.63) is 12.2 Å². The molecule has 0 nitrogen and oxygen atoms in total. The molecule has 0 aromatic heterocycles. The molecule has 0 aliphatic rings. The van der Waals surface area contributed by atoms with Gasteiger partial charge in [-0.05, 0) is 25.7 Å². The van der Waals surface area contributed by atoms with Crippen molar-refractivity contribution < 1.29 is 0 Å². The Labute approximate surface area is 90.8 Å². The van der Waals surface area contributed by atoms with Crippen molar-refractivity contribution >= 4 is 0 Å². The molecule has 0 spiro atoms. The average molecular weight is 196 g/mol. The highest BCUT2D eigenvalue weighted by atomic mass is 14.1. The number of hydrogen-bond acceptors (Lipinski definition) is 0. The molecular weight excluding hydrogens is 168 g/mol. The monoisotopic (exact) mass is 196 g/mol.